The van der Waals surface area contributed by atoms with Crippen molar-refractivity contribution in [3.05, 3.63) is 27.7 Å². The molecule has 0 atom stereocenters. The minimum Gasteiger partial charge on any atom is -0.496 e. The van der Waals surface area contributed by atoms with Crippen LogP contribution in [0, 0.1) is 6.92 Å². The predicted octanol–water partition coefficient (Wildman–Crippen LogP) is 3.87. The summed E-state index contributed by atoms with van der Waals surface area (Å²) in [7, 11) is 3.54. The molecule has 0 amide bonds. The molecule has 1 aromatic carbocycles. The van der Waals surface area contributed by atoms with Crippen LogP contribution in [0.4, 0.5) is 5.82 Å². The maximum Gasteiger partial charge on any atom is 0.136 e. The fourth-order valence-corrected chi connectivity index (χ4v) is 2.81. The zero-order chi connectivity index (χ0) is 15.0. The molecule has 0 spiro atoms. The third-order valence-electron chi connectivity index (χ3n) is 3.49. The first-order chi connectivity index (χ1) is 9.36. The molecule has 0 aliphatic rings. The third kappa shape index (κ3) is 2.42. The lowest BCUT2D eigenvalue weighted by molar-refractivity contribution is 0.407. The van der Waals surface area contributed by atoms with E-state index in [1.165, 1.54) is 5.56 Å². The lowest BCUT2D eigenvalue weighted by atomic mass is 9.95. The van der Waals surface area contributed by atoms with Crippen LogP contribution in [0.25, 0.3) is 11.3 Å². The highest BCUT2D eigenvalue weighted by atomic mass is 79.9. The Bertz CT molecular complexity index is 647. The first-order valence-corrected chi connectivity index (χ1v) is 7.33. The van der Waals surface area contributed by atoms with Crippen molar-refractivity contribution in [3.8, 4) is 17.0 Å². The molecule has 0 unspecified atom stereocenters. The molecule has 1 heterocycles. The summed E-state index contributed by atoms with van der Waals surface area (Å²) < 4.78 is 7.99. The summed E-state index contributed by atoms with van der Waals surface area (Å²) in [6.45, 7) is 6.36. The zero-order valence-corrected chi connectivity index (χ0v) is 14.1. The van der Waals surface area contributed by atoms with Crippen molar-refractivity contribution in [1.82, 2.24) is 9.78 Å². The van der Waals surface area contributed by atoms with Crippen LogP contribution in [0.1, 0.15) is 30.9 Å². The molecule has 2 aromatic rings. The molecule has 20 heavy (non-hydrogen) atoms. The van der Waals surface area contributed by atoms with Gasteiger partial charge in [-0.05, 0) is 52.0 Å². The number of aromatic nitrogens is 2. The predicted molar refractivity (Wildman–Crippen MR) is 86.1 cm³/mol. The van der Waals surface area contributed by atoms with Crippen molar-refractivity contribution >= 4 is 21.7 Å². The second kappa shape index (κ2) is 5.48. The minimum atomic E-state index is 0.379. The maximum atomic E-state index is 5.97. The Morgan fingerprint density at radius 1 is 1.35 bits per heavy atom. The Morgan fingerprint density at radius 2 is 2.00 bits per heavy atom. The number of nitrogen functional groups attached to an aromatic ring is 1. The maximum absolute atomic E-state index is 5.97. The Labute approximate surface area is 128 Å². The fraction of sp³-hybridized carbons (Fsp3) is 0.400. The van der Waals surface area contributed by atoms with Gasteiger partial charge in [-0.15, -0.1) is 0 Å². The van der Waals surface area contributed by atoms with Crippen LogP contribution in [0.15, 0.2) is 16.6 Å². The van der Waals surface area contributed by atoms with E-state index in [1.807, 2.05) is 7.05 Å². The van der Waals surface area contributed by atoms with Crippen molar-refractivity contribution < 1.29 is 4.74 Å². The molecule has 1 aromatic heterocycles. The van der Waals surface area contributed by atoms with E-state index in [4.69, 9.17) is 10.5 Å². The molecule has 0 bridgehead atoms. The minimum absolute atomic E-state index is 0.379. The van der Waals surface area contributed by atoms with Gasteiger partial charge in [0.1, 0.15) is 17.3 Å². The van der Waals surface area contributed by atoms with E-state index in [-0.39, 0.29) is 0 Å². The Kier molecular flexibility index (Phi) is 4.09. The summed E-state index contributed by atoms with van der Waals surface area (Å²) in [5, 5.41) is 4.50. The number of nitrogens with two attached hydrogens (primary N) is 1. The van der Waals surface area contributed by atoms with E-state index in [1.54, 1.807) is 11.8 Å². The van der Waals surface area contributed by atoms with Crippen LogP contribution in [-0.2, 0) is 7.05 Å². The standard InChI is InChI=1S/C15H20BrN3O/c1-8(2)10-7-11(9(3)6-12(10)20-5)14-13(16)15(17)19(4)18-14/h6-8H,17H2,1-5H3. The highest BCUT2D eigenvalue weighted by molar-refractivity contribution is 9.10. The monoisotopic (exact) mass is 337 g/mol. The third-order valence-corrected chi connectivity index (χ3v) is 4.27. The average Bonchev–Trinajstić information content (AvgIpc) is 2.65. The van der Waals surface area contributed by atoms with Gasteiger partial charge in [-0.1, -0.05) is 13.8 Å². The summed E-state index contributed by atoms with van der Waals surface area (Å²) in [6, 6.07) is 4.20. The molecule has 2 rings (SSSR count). The van der Waals surface area contributed by atoms with Crippen molar-refractivity contribution in [1.29, 1.82) is 0 Å². The molecule has 5 heteroatoms. The first-order valence-electron chi connectivity index (χ1n) is 6.53. The SMILES string of the molecule is COc1cc(C)c(-c2nn(C)c(N)c2Br)cc1C(C)C. The summed E-state index contributed by atoms with van der Waals surface area (Å²) in [5.74, 6) is 1.92. The van der Waals surface area contributed by atoms with Gasteiger partial charge in [0.15, 0.2) is 0 Å². The second-order valence-electron chi connectivity index (χ2n) is 5.24. The molecule has 0 fully saturated rings. The number of hydrogen-bond donors (Lipinski definition) is 1. The molecular weight excluding hydrogens is 318 g/mol. The largest absolute Gasteiger partial charge is 0.496 e. The number of rotatable bonds is 3. The van der Waals surface area contributed by atoms with Gasteiger partial charge < -0.3 is 10.5 Å². The normalized spacial score (nSPS) is 11.2. The van der Waals surface area contributed by atoms with Gasteiger partial charge in [0.25, 0.3) is 0 Å². The number of benzene rings is 1. The van der Waals surface area contributed by atoms with Crippen molar-refractivity contribution in [2.24, 2.45) is 7.05 Å². The number of halogens is 1. The Morgan fingerprint density at radius 3 is 2.45 bits per heavy atom. The van der Waals surface area contributed by atoms with Crippen LogP contribution in [-0.4, -0.2) is 16.9 Å². The molecule has 0 aliphatic heterocycles. The van der Waals surface area contributed by atoms with E-state index in [9.17, 15) is 0 Å². The van der Waals surface area contributed by atoms with Gasteiger partial charge in [0.2, 0.25) is 0 Å². The molecular formula is C15H20BrN3O. The number of hydrogen-bond acceptors (Lipinski definition) is 3. The van der Waals surface area contributed by atoms with Crippen molar-refractivity contribution in [2.75, 3.05) is 12.8 Å². The highest BCUT2D eigenvalue weighted by Crippen LogP contribution is 2.38. The van der Waals surface area contributed by atoms with Crippen LogP contribution >= 0.6 is 15.9 Å². The quantitative estimate of drug-likeness (QED) is 0.924. The number of methoxy groups -OCH3 is 1. The molecule has 2 N–H and O–H groups in total. The van der Waals surface area contributed by atoms with E-state index in [0.717, 1.165) is 27.0 Å². The lowest BCUT2D eigenvalue weighted by Crippen LogP contribution is -1.98. The van der Waals surface area contributed by atoms with Crippen molar-refractivity contribution in [2.45, 2.75) is 26.7 Å². The zero-order valence-electron chi connectivity index (χ0n) is 12.5. The molecule has 0 saturated heterocycles. The van der Waals surface area contributed by atoms with Gasteiger partial charge >= 0.3 is 0 Å². The second-order valence-corrected chi connectivity index (χ2v) is 6.03. The number of anilines is 1. The summed E-state index contributed by atoms with van der Waals surface area (Å²) in [4.78, 5) is 0. The first kappa shape index (κ1) is 14.9. The van der Waals surface area contributed by atoms with Gasteiger partial charge in [-0.3, -0.25) is 4.68 Å². The highest BCUT2D eigenvalue weighted by Gasteiger charge is 2.18. The van der Waals surface area contributed by atoms with E-state index in [2.05, 4.69) is 53.9 Å². The Balaban J connectivity index is 2.68. The van der Waals surface area contributed by atoms with Gasteiger partial charge in [-0.25, -0.2) is 0 Å². The van der Waals surface area contributed by atoms with Crippen LogP contribution in [0.2, 0.25) is 0 Å². The van der Waals surface area contributed by atoms with Gasteiger partial charge in [0, 0.05) is 12.6 Å². The van der Waals surface area contributed by atoms with Crippen molar-refractivity contribution in [3.63, 3.8) is 0 Å². The molecule has 0 saturated carbocycles. The number of ether oxygens (including phenoxy) is 1. The lowest BCUT2D eigenvalue weighted by Gasteiger charge is -2.15. The number of aryl methyl sites for hydroxylation is 2. The van der Waals surface area contributed by atoms with E-state index >= 15 is 0 Å². The van der Waals surface area contributed by atoms with Crippen LogP contribution in [0.5, 0.6) is 5.75 Å². The topological polar surface area (TPSA) is 53.1 Å². The van der Waals surface area contributed by atoms with E-state index in [0.29, 0.717) is 11.7 Å². The molecule has 0 aliphatic carbocycles. The number of nitrogens with zero attached hydrogens (tertiary/aromatic N) is 2. The molecule has 4 nitrogen and oxygen atoms in total. The smallest absolute Gasteiger partial charge is 0.136 e. The summed E-state index contributed by atoms with van der Waals surface area (Å²) in [6.07, 6.45) is 0. The fourth-order valence-electron chi connectivity index (χ4n) is 2.26. The molecule has 0 radical (unpaired) electrons. The van der Waals surface area contributed by atoms with Crippen LogP contribution < -0.4 is 10.5 Å². The average molecular weight is 338 g/mol. The summed E-state index contributed by atoms with van der Waals surface area (Å²) >= 11 is 3.53. The van der Waals surface area contributed by atoms with Gasteiger partial charge in [-0.2, -0.15) is 5.10 Å². The van der Waals surface area contributed by atoms with Crippen LogP contribution in [0.3, 0.4) is 0 Å². The van der Waals surface area contributed by atoms with Gasteiger partial charge in [0.05, 0.1) is 11.6 Å². The summed E-state index contributed by atoms with van der Waals surface area (Å²) in [5.41, 5.74) is 10.2. The molecule has 108 valence electrons. The van der Waals surface area contributed by atoms with E-state index < -0.39 is 0 Å². The Hall–Kier alpha value is -1.49.